The monoisotopic (exact) mass is 465 g/mol. The van der Waals surface area contributed by atoms with E-state index in [1.807, 2.05) is 30.3 Å². The number of methoxy groups -OCH3 is 1. The van der Waals surface area contributed by atoms with Gasteiger partial charge in [-0.2, -0.15) is 0 Å². The third kappa shape index (κ3) is 5.89. The van der Waals surface area contributed by atoms with Crippen molar-refractivity contribution in [2.75, 3.05) is 39.2 Å². The smallest absolute Gasteiger partial charge is 0.172 e. The molecule has 7 nitrogen and oxygen atoms in total. The Morgan fingerprint density at radius 3 is 2.64 bits per heavy atom. The maximum Gasteiger partial charge on any atom is 0.172 e. The first-order valence-electron chi connectivity index (χ1n) is 11.3. The van der Waals surface area contributed by atoms with Gasteiger partial charge in [-0.25, -0.2) is 9.97 Å². The molecule has 2 heterocycles. The fourth-order valence-electron chi connectivity index (χ4n) is 4.04. The molecule has 1 aliphatic rings. The van der Waals surface area contributed by atoms with Gasteiger partial charge in [0.05, 0.1) is 25.3 Å². The number of benzene rings is 2. The van der Waals surface area contributed by atoms with Crippen molar-refractivity contribution in [3.63, 3.8) is 0 Å². The van der Waals surface area contributed by atoms with Crippen LogP contribution in [0.5, 0.6) is 11.5 Å². The van der Waals surface area contributed by atoms with Crippen molar-refractivity contribution in [1.82, 2.24) is 20.2 Å². The van der Waals surface area contributed by atoms with Crippen LogP contribution in [0, 0.1) is 5.92 Å². The molecule has 0 radical (unpaired) electrons. The lowest BCUT2D eigenvalue weighted by Gasteiger charge is -2.28. The lowest BCUT2D eigenvalue weighted by atomic mass is 9.98. The predicted octanol–water partition coefficient (Wildman–Crippen LogP) is 4.41. The third-order valence-electron chi connectivity index (χ3n) is 6.11. The predicted molar refractivity (Wildman–Crippen MR) is 136 cm³/mol. The van der Waals surface area contributed by atoms with Crippen molar-refractivity contribution in [2.24, 2.45) is 5.92 Å². The van der Waals surface area contributed by atoms with E-state index in [2.05, 4.69) is 51.6 Å². The largest absolute Gasteiger partial charge is 0.493 e. The van der Waals surface area contributed by atoms with Crippen molar-refractivity contribution in [2.45, 2.75) is 25.8 Å². The van der Waals surface area contributed by atoms with Gasteiger partial charge in [0.2, 0.25) is 0 Å². The van der Waals surface area contributed by atoms with Crippen LogP contribution in [-0.4, -0.2) is 53.8 Å². The van der Waals surface area contributed by atoms with Crippen LogP contribution in [0.15, 0.2) is 48.8 Å². The van der Waals surface area contributed by atoms with Gasteiger partial charge in [0.25, 0.3) is 0 Å². The van der Waals surface area contributed by atoms with Gasteiger partial charge in [0, 0.05) is 11.5 Å². The van der Waals surface area contributed by atoms with Gasteiger partial charge in [0.1, 0.15) is 12.1 Å². The van der Waals surface area contributed by atoms with E-state index in [0.29, 0.717) is 35.0 Å². The van der Waals surface area contributed by atoms with Gasteiger partial charge in [0.15, 0.2) is 16.6 Å². The number of aromatic nitrogens is 2. The summed E-state index contributed by atoms with van der Waals surface area (Å²) in [7, 11) is 3.81. The summed E-state index contributed by atoms with van der Waals surface area (Å²) in [5, 5.41) is 7.83. The zero-order valence-corrected chi connectivity index (χ0v) is 20.2. The number of nitrogens with one attached hydrogen (secondary N) is 2. The molecule has 1 aromatic heterocycles. The molecule has 0 aliphatic carbocycles. The Bertz CT molecular complexity index is 1090. The molecular weight excluding hydrogens is 434 g/mol. The van der Waals surface area contributed by atoms with Crippen LogP contribution in [-0.2, 0) is 0 Å². The Kier molecular flexibility index (Phi) is 7.57. The molecule has 3 aromatic rings. The quantitative estimate of drug-likeness (QED) is 0.498. The van der Waals surface area contributed by atoms with E-state index in [4.69, 9.17) is 21.7 Å². The van der Waals surface area contributed by atoms with E-state index < -0.39 is 0 Å². The third-order valence-corrected chi connectivity index (χ3v) is 6.33. The van der Waals surface area contributed by atoms with Gasteiger partial charge in [-0.05, 0) is 69.7 Å². The molecule has 4 rings (SSSR count). The standard InChI is InChI=1S/C25H31N5O2S/c1-17(19-7-5-4-6-8-19)28-25(33)29-24-20-13-22(31-3)23(14-21(20)26-16-27-24)32-15-18-9-11-30(2)12-10-18/h4-8,13-14,16-18H,9-12,15H2,1-3H3,(H2,26,27,28,29,33)/t17-/m1/s1. The number of anilines is 1. The number of fused-ring (bicyclic) bond motifs is 1. The second-order valence-corrected chi connectivity index (χ2v) is 8.94. The molecule has 0 saturated carbocycles. The Labute approximate surface area is 200 Å². The first-order chi connectivity index (χ1) is 16.0. The van der Waals surface area contributed by atoms with Gasteiger partial charge < -0.3 is 25.0 Å². The minimum atomic E-state index is 0.0633. The fourth-order valence-corrected chi connectivity index (χ4v) is 4.31. The highest BCUT2D eigenvalue weighted by molar-refractivity contribution is 7.80. The van der Waals surface area contributed by atoms with Crippen molar-refractivity contribution in [1.29, 1.82) is 0 Å². The van der Waals surface area contributed by atoms with E-state index >= 15 is 0 Å². The summed E-state index contributed by atoms with van der Waals surface area (Å²) >= 11 is 5.54. The summed E-state index contributed by atoms with van der Waals surface area (Å²) in [6.45, 7) is 4.97. The fraction of sp³-hybridized carbons (Fsp3) is 0.400. The molecule has 0 bridgehead atoms. The SMILES string of the molecule is COc1cc2c(NC(=S)N[C@H](C)c3ccccc3)ncnc2cc1OCC1CCN(C)CC1. The average molecular weight is 466 g/mol. The Hall–Kier alpha value is -2.97. The normalized spacial score (nSPS) is 15.7. The summed E-state index contributed by atoms with van der Waals surface area (Å²) in [4.78, 5) is 11.2. The van der Waals surface area contributed by atoms with Crippen LogP contribution in [0.25, 0.3) is 10.9 Å². The minimum absolute atomic E-state index is 0.0633. The summed E-state index contributed by atoms with van der Waals surface area (Å²) in [6, 6.07) is 14.1. The molecule has 0 amide bonds. The van der Waals surface area contributed by atoms with Crippen molar-refractivity contribution in [3.8, 4) is 11.5 Å². The number of piperidine rings is 1. The highest BCUT2D eigenvalue weighted by Gasteiger charge is 2.19. The average Bonchev–Trinajstić information content (AvgIpc) is 2.83. The number of likely N-dealkylation sites (tertiary alicyclic amines) is 1. The highest BCUT2D eigenvalue weighted by Crippen LogP contribution is 2.34. The Balaban J connectivity index is 1.47. The molecule has 2 N–H and O–H groups in total. The zero-order chi connectivity index (χ0) is 23.2. The van der Waals surface area contributed by atoms with Crippen molar-refractivity contribution < 1.29 is 9.47 Å². The molecular formula is C25H31N5O2S. The molecule has 1 fully saturated rings. The van der Waals surface area contributed by atoms with Gasteiger partial charge >= 0.3 is 0 Å². The second-order valence-electron chi connectivity index (χ2n) is 8.53. The minimum Gasteiger partial charge on any atom is -0.493 e. The number of thiocarbonyl (C=S) groups is 1. The Morgan fingerprint density at radius 1 is 1.15 bits per heavy atom. The molecule has 2 aromatic carbocycles. The molecule has 1 atom stereocenters. The first kappa shape index (κ1) is 23.2. The lowest BCUT2D eigenvalue weighted by molar-refractivity contribution is 0.157. The maximum absolute atomic E-state index is 6.17. The summed E-state index contributed by atoms with van der Waals surface area (Å²) in [5.74, 6) is 2.54. The number of hydrogen-bond acceptors (Lipinski definition) is 6. The number of nitrogens with zero attached hydrogens (tertiary/aromatic N) is 3. The molecule has 0 spiro atoms. The van der Waals surface area contributed by atoms with Crippen molar-refractivity contribution >= 4 is 34.1 Å². The number of hydrogen-bond donors (Lipinski definition) is 2. The van der Waals surface area contributed by atoms with E-state index in [1.165, 1.54) is 6.33 Å². The molecule has 33 heavy (non-hydrogen) atoms. The lowest BCUT2D eigenvalue weighted by Crippen LogP contribution is -2.32. The summed E-state index contributed by atoms with van der Waals surface area (Å²) in [6.07, 6.45) is 3.82. The first-order valence-corrected chi connectivity index (χ1v) is 11.7. The van der Waals surface area contributed by atoms with Gasteiger partial charge in [-0.3, -0.25) is 0 Å². The van der Waals surface area contributed by atoms with Crippen molar-refractivity contribution in [3.05, 3.63) is 54.4 Å². The van der Waals surface area contributed by atoms with Crippen LogP contribution in [0.2, 0.25) is 0 Å². The molecule has 174 valence electrons. The maximum atomic E-state index is 6.17. The van der Waals surface area contributed by atoms with Crippen LogP contribution < -0.4 is 20.1 Å². The van der Waals surface area contributed by atoms with Crippen LogP contribution in [0.3, 0.4) is 0 Å². The van der Waals surface area contributed by atoms with E-state index in [1.54, 1.807) is 7.11 Å². The summed E-state index contributed by atoms with van der Waals surface area (Å²) in [5.41, 5.74) is 1.92. The van der Waals surface area contributed by atoms with Gasteiger partial charge in [-0.15, -0.1) is 0 Å². The molecule has 0 unspecified atom stereocenters. The van der Waals surface area contributed by atoms with Crippen LogP contribution in [0.4, 0.5) is 5.82 Å². The van der Waals surface area contributed by atoms with Crippen LogP contribution in [0.1, 0.15) is 31.4 Å². The summed E-state index contributed by atoms with van der Waals surface area (Å²) < 4.78 is 11.8. The zero-order valence-electron chi connectivity index (χ0n) is 19.4. The Morgan fingerprint density at radius 2 is 1.91 bits per heavy atom. The highest BCUT2D eigenvalue weighted by atomic mass is 32.1. The molecule has 1 saturated heterocycles. The van der Waals surface area contributed by atoms with Crippen LogP contribution >= 0.6 is 12.2 Å². The molecule has 1 aliphatic heterocycles. The van der Waals surface area contributed by atoms with E-state index in [9.17, 15) is 0 Å². The number of rotatable bonds is 7. The topological polar surface area (TPSA) is 71.5 Å². The number of ether oxygens (including phenoxy) is 2. The van der Waals surface area contributed by atoms with E-state index in [-0.39, 0.29) is 6.04 Å². The van der Waals surface area contributed by atoms with Gasteiger partial charge in [-0.1, -0.05) is 30.3 Å². The molecule has 8 heteroatoms. The van der Waals surface area contributed by atoms with E-state index in [0.717, 1.165) is 42.4 Å². The second kappa shape index (κ2) is 10.8.